The molecule has 4 aromatic rings. The number of benzene rings is 1. The number of hydrogen-bond donors (Lipinski definition) is 0. The highest BCUT2D eigenvalue weighted by Gasteiger charge is 2.09. The molecule has 118 valence electrons. The lowest BCUT2D eigenvalue weighted by Crippen LogP contribution is -2.09. The Bertz CT molecular complexity index is 979. The summed E-state index contributed by atoms with van der Waals surface area (Å²) in [4.78, 5) is 15.1. The van der Waals surface area contributed by atoms with Gasteiger partial charge < -0.3 is 0 Å². The van der Waals surface area contributed by atoms with E-state index in [4.69, 9.17) is 0 Å². The lowest BCUT2D eigenvalue weighted by Gasteiger charge is -2.05. The van der Waals surface area contributed by atoms with E-state index in [0.29, 0.717) is 18.8 Å². The Balaban J connectivity index is 1.56. The van der Waals surface area contributed by atoms with Gasteiger partial charge in [0.05, 0.1) is 28.8 Å². The number of para-hydroxylation sites is 2. The second-order valence-electron chi connectivity index (χ2n) is 5.48. The first kappa shape index (κ1) is 14.4. The first-order chi connectivity index (χ1) is 11.8. The zero-order valence-electron chi connectivity index (χ0n) is 13.2. The fourth-order valence-corrected chi connectivity index (χ4v) is 2.49. The zero-order chi connectivity index (χ0) is 16.4. The molecule has 0 fully saturated rings. The van der Waals surface area contributed by atoms with E-state index in [1.54, 1.807) is 11.0 Å². The second-order valence-corrected chi connectivity index (χ2v) is 5.48. The van der Waals surface area contributed by atoms with Gasteiger partial charge >= 0.3 is 0 Å². The first-order valence-corrected chi connectivity index (χ1v) is 7.67. The standard InChI is InChI=1S/C17H15N7/c1-12-16(20-15-8-3-2-7-14(15)19-12)11-24-22-17(21-23-24)10-13-6-4-5-9-18-13/h2-9H,10-11H2,1H3. The van der Waals surface area contributed by atoms with Crippen molar-refractivity contribution in [2.45, 2.75) is 19.9 Å². The SMILES string of the molecule is Cc1nc2ccccc2nc1Cn1nnc(Cc2ccccn2)n1. The maximum Gasteiger partial charge on any atom is 0.180 e. The van der Waals surface area contributed by atoms with Crippen LogP contribution in [0.4, 0.5) is 0 Å². The molecule has 0 saturated heterocycles. The van der Waals surface area contributed by atoms with Crippen LogP contribution in [0.5, 0.6) is 0 Å². The van der Waals surface area contributed by atoms with Crippen molar-refractivity contribution in [2.75, 3.05) is 0 Å². The number of aromatic nitrogens is 7. The molecule has 0 aliphatic carbocycles. The van der Waals surface area contributed by atoms with Gasteiger partial charge in [-0.15, -0.1) is 10.2 Å². The van der Waals surface area contributed by atoms with Gasteiger partial charge in [-0.25, -0.2) is 9.97 Å². The fourth-order valence-electron chi connectivity index (χ4n) is 2.49. The number of fused-ring (bicyclic) bond motifs is 1. The van der Waals surface area contributed by atoms with Gasteiger partial charge in [-0.2, -0.15) is 4.80 Å². The minimum atomic E-state index is 0.443. The van der Waals surface area contributed by atoms with E-state index in [0.717, 1.165) is 28.1 Å². The van der Waals surface area contributed by atoms with Crippen molar-refractivity contribution in [2.24, 2.45) is 0 Å². The Hall–Kier alpha value is -3.22. The van der Waals surface area contributed by atoms with E-state index in [-0.39, 0.29) is 0 Å². The highest BCUT2D eigenvalue weighted by molar-refractivity contribution is 5.74. The Labute approximate surface area is 138 Å². The highest BCUT2D eigenvalue weighted by atomic mass is 15.6. The molecule has 3 aromatic heterocycles. The molecule has 1 aromatic carbocycles. The summed E-state index contributed by atoms with van der Waals surface area (Å²) < 4.78 is 0. The lowest BCUT2D eigenvalue weighted by atomic mass is 10.2. The van der Waals surface area contributed by atoms with Crippen molar-refractivity contribution < 1.29 is 0 Å². The number of aryl methyl sites for hydroxylation is 1. The zero-order valence-corrected chi connectivity index (χ0v) is 13.2. The van der Waals surface area contributed by atoms with Crippen molar-refractivity contribution >= 4 is 11.0 Å². The maximum absolute atomic E-state index is 4.66. The van der Waals surface area contributed by atoms with Crippen LogP contribution in [0.15, 0.2) is 48.7 Å². The number of rotatable bonds is 4. The molecule has 0 N–H and O–H groups in total. The normalized spacial score (nSPS) is 11.0. The van der Waals surface area contributed by atoms with E-state index >= 15 is 0 Å². The van der Waals surface area contributed by atoms with Gasteiger partial charge in [0.15, 0.2) is 5.82 Å². The third-order valence-corrected chi connectivity index (χ3v) is 3.69. The summed E-state index contributed by atoms with van der Waals surface area (Å²) in [5.74, 6) is 0.639. The van der Waals surface area contributed by atoms with Crippen molar-refractivity contribution in [1.29, 1.82) is 0 Å². The van der Waals surface area contributed by atoms with E-state index in [1.165, 1.54) is 0 Å². The van der Waals surface area contributed by atoms with Crippen LogP contribution in [0.1, 0.15) is 22.9 Å². The van der Waals surface area contributed by atoms with Crippen LogP contribution in [-0.2, 0) is 13.0 Å². The average Bonchev–Trinajstić information content (AvgIpc) is 3.03. The van der Waals surface area contributed by atoms with Gasteiger partial charge in [0.25, 0.3) is 0 Å². The summed E-state index contributed by atoms with van der Waals surface area (Å²) in [6.45, 7) is 2.39. The van der Waals surface area contributed by atoms with Gasteiger partial charge in [-0.05, 0) is 36.4 Å². The van der Waals surface area contributed by atoms with Crippen LogP contribution >= 0.6 is 0 Å². The molecule has 0 amide bonds. The van der Waals surface area contributed by atoms with Crippen LogP contribution in [0.3, 0.4) is 0 Å². The molecule has 0 bridgehead atoms. The lowest BCUT2D eigenvalue weighted by molar-refractivity contribution is 0.560. The first-order valence-electron chi connectivity index (χ1n) is 7.67. The van der Waals surface area contributed by atoms with E-state index < -0.39 is 0 Å². The Morgan fingerprint density at radius 3 is 2.54 bits per heavy atom. The predicted octanol–water partition coefficient (Wildman–Crippen LogP) is 1.96. The Morgan fingerprint density at radius 2 is 1.75 bits per heavy atom. The van der Waals surface area contributed by atoms with E-state index in [9.17, 15) is 0 Å². The van der Waals surface area contributed by atoms with Gasteiger partial charge in [-0.1, -0.05) is 18.2 Å². The molecule has 0 aliphatic heterocycles. The summed E-state index contributed by atoms with van der Waals surface area (Å²) >= 11 is 0. The van der Waals surface area contributed by atoms with E-state index in [1.807, 2.05) is 49.4 Å². The molecule has 7 heteroatoms. The number of nitrogens with zero attached hydrogens (tertiary/aromatic N) is 7. The van der Waals surface area contributed by atoms with Crippen LogP contribution < -0.4 is 0 Å². The van der Waals surface area contributed by atoms with Crippen LogP contribution in [-0.4, -0.2) is 35.2 Å². The Kier molecular flexibility index (Phi) is 3.66. The van der Waals surface area contributed by atoms with Crippen molar-refractivity contribution in [1.82, 2.24) is 35.2 Å². The monoisotopic (exact) mass is 317 g/mol. The third kappa shape index (κ3) is 2.96. The average molecular weight is 317 g/mol. The summed E-state index contributed by atoms with van der Waals surface area (Å²) in [6, 6.07) is 13.6. The third-order valence-electron chi connectivity index (χ3n) is 3.69. The predicted molar refractivity (Wildman–Crippen MR) is 88.2 cm³/mol. The van der Waals surface area contributed by atoms with Gasteiger partial charge in [-0.3, -0.25) is 4.98 Å². The quantitative estimate of drug-likeness (QED) is 0.572. The molecule has 0 atom stereocenters. The number of tetrazole rings is 1. The molecule has 0 radical (unpaired) electrons. The summed E-state index contributed by atoms with van der Waals surface area (Å²) in [6.07, 6.45) is 2.32. The number of pyridine rings is 1. The highest BCUT2D eigenvalue weighted by Crippen LogP contribution is 2.12. The van der Waals surface area contributed by atoms with Crippen LogP contribution in [0.2, 0.25) is 0 Å². The van der Waals surface area contributed by atoms with Crippen molar-refractivity contribution in [3.63, 3.8) is 0 Å². The smallest absolute Gasteiger partial charge is 0.180 e. The molecule has 0 aliphatic rings. The largest absolute Gasteiger partial charge is 0.261 e. The summed E-state index contributed by atoms with van der Waals surface area (Å²) in [5.41, 5.74) is 4.39. The molecule has 0 spiro atoms. The van der Waals surface area contributed by atoms with E-state index in [2.05, 4.69) is 30.4 Å². The fraction of sp³-hybridized carbons (Fsp3) is 0.176. The molecule has 7 nitrogen and oxygen atoms in total. The molecule has 0 saturated carbocycles. The minimum Gasteiger partial charge on any atom is -0.261 e. The molecule has 0 unspecified atom stereocenters. The molecule has 4 rings (SSSR count). The second kappa shape index (κ2) is 6.11. The number of hydrogen-bond acceptors (Lipinski definition) is 6. The van der Waals surface area contributed by atoms with Gasteiger partial charge in [0.1, 0.15) is 6.54 Å². The Morgan fingerprint density at radius 1 is 0.958 bits per heavy atom. The maximum atomic E-state index is 4.66. The van der Waals surface area contributed by atoms with Crippen molar-refractivity contribution in [3.05, 3.63) is 71.6 Å². The summed E-state index contributed by atoms with van der Waals surface area (Å²) in [7, 11) is 0. The van der Waals surface area contributed by atoms with Crippen LogP contribution in [0, 0.1) is 6.92 Å². The molecule has 24 heavy (non-hydrogen) atoms. The van der Waals surface area contributed by atoms with Crippen LogP contribution in [0.25, 0.3) is 11.0 Å². The molecular weight excluding hydrogens is 302 g/mol. The van der Waals surface area contributed by atoms with Crippen molar-refractivity contribution in [3.8, 4) is 0 Å². The summed E-state index contributed by atoms with van der Waals surface area (Å²) in [5, 5.41) is 12.6. The molecular formula is C17H15N7. The molecule has 3 heterocycles. The van der Waals surface area contributed by atoms with Gasteiger partial charge in [0.2, 0.25) is 0 Å². The van der Waals surface area contributed by atoms with Gasteiger partial charge in [0, 0.05) is 11.9 Å². The topological polar surface area (TPSA) is 82.3 Å². The minimum absolute atomic E-state index is 0.443.